The fraction of sp³-hybridized carbons (Fsp3) is 0.667. The second-order valence-corrected chi connectivity index (χ2v) is 7.12. The standard InChI is InChI=1S/C18H29ClN2/c1-4-16(20)12-14-11-15(19)8-9-18(14)21(3)17-7-5-6-13(2)10-17/h8-9,11,13,16-17H,4-7,10,12,20H2,1-3H3. The average Bonchev–Trinajstić information content (AvgIpc) is 2.46. The van der Waals surface area contributed by atoms with Gasteiger partial charge in [0.2, 0.25) is 0 Å². The predicted molar refractivity (Wildman–Crippen MR) is 93.2 cm³/mol. The molecule has 0 bridgehead atoms. The SMILES string of the molecule is CCC(N)Cc1cc(Cl)ccc1N(C)C1CCCC(C)C1. The average molecular weight is 309 g/mol. The Balaban J connectivity index is 2.20. The van der Waals surface area contributed by atoms with Gasteiger partial charge in [-0.2, -0.15) is 0 Å². The Kier molecular flexibility index (Phi) is 5.95. The van der Waals surface area contributed by atoms with Crippen molar-refractivity contribution in [3.05, 3.63) is 28.8 Å². The van der Waals surface area contributed by atoms with Crippen LogP contribution in [0.15, 0.2) is 18.2 Å². The maximum absolute atomic E-state index is 6.20. The van der Waals surface area contributed by atoms with E-state index in [1.807, 2.05) is 6.07 Å². The Hall–Kier alpha value is -0.730. The first kappa shape index (κ1) is 16.6. The highest BCUT2D eigenvalue weighted by molar-refractivity contribution is 6.30. The molecule has 1 aliphatic carbocycles. The summed E-state index contributed by atoms with van der Waals surface area (Å²) in [6.45, 7) is 4.51. The number of benzene rings is 1. The molecule has 118 valence electrons. The van der Waals surface area contributed by atoms with Crippen molar-refractivity contribution in [2.45, 2.75) is 64.5 Å². The molecule has 2 N–H and O–H groups in total. The van der Waals surface area contributed by atoms with Crippen LogP contribution in [0, 0.1) is 5.92 Å². The Labute approximate surface area is 134 Å². The van der Waals surface area contributed by atoms with Crippen molar-refractivity contribution < 1.29 is 0 Å². The van der Waals surface area contributed by atoms with Gasteiger partial charge < -0.3 is 10.6 Å². The molecule has 1 aliphatic rings. The van der Waals surface area contributed by atoms with E-state index in [-0.39, 0.29) is 6.04 Å². The van der Waals surface area contributed by atoms with Gasteiger partial charge in [-0.1, -0.05) is 38.3 Å². The fourth-order valence-corrected chi connectivity index (χ4v) is 3.63. The molecule has 0 spiro atoms. The monoisotopic (exact) mass is 308 g/mol. The van der Waals surface area contributed by atoms with Crippen molar-refractivity contribution in [2.24, 2.45) is 11.7 Å². The lowest BCUT2D eigenvalue weighted by Crippen LogP contribution is -2.36. The summed E-state index contributed by atoms with van der Waals surface area (Å²) >= 11 is 6.20. The molecule has 1 aromatic rings. The van der Waals surface area contributed by atoms with E-state index in [1.165, 1.54) is 36.9 Å². The smallest absolute Gasteiger partial charge is 0.0410 e. The number of nitrogens with zero attached hydrogens (tertiary/aromatic N) is 1. The van der Waals surface area contributed by atoms with Gasteiger partial charge in [0.05, 0.1) is 0 Å². The minimum atomic E-state index is 0.209. The summed E-state index contributed by atoms with van der Waals surface area (Å²) in [6, 6.07) is 7.11. The zero-order valence-corrected chi connectivity index (χ0v) is 14.4. The molecule has 1 aromatic carbocycles. The molecule has 3 unspecified atom stereocenters. The molecule has 0 heterocycles. The van der Waals surface area contributed by atoms with Crippen molar-refractivity contribution in [1.29, 1.82) is 0 Å². The van der Waals surface area contributed by atoms with Gasteiger partial charge in [0.25, 0.3) is 0 Å². The van der Waals surface area contributed by atoms with Crippen LogP contribution in [-0.2, 0) is 6.42 Å². The van der Waals surface area contributed by atoms with E-state index in [9.17, 15) is 0 Å². The maximum Gasteiger partial charge on any atom is 0.0410 e. The number of hydrogen-bond acceptors (Lipinski definition) is 2. The molecule has 21 heavy (non-hydrogen) atoms. The van der Waals surface area contributed by atoms with Gasteiger partial charge in [-0.25, -0.2) is 0 Å². The summed E-state index contributed by atoms with van der Waals surface area (Å²) in [7, 11) is 2.23. The third-order valence-corrected chi connectivity index (χ3v) is 5.12. The van der Waals surface area contributed by atoms with Gasteiger partial charge in [-0.3, -0.25) is 0 Å². The van der Waals surface area contributed by atoms with Crippen LogP contribution in [0.1, 0.15) is 51.5 Å². The highest BCUT2D eigenvalue weighted by Gasteiger charge is 2.24. The van der Waals surface area contributed by atoms with E-state index in [2.05, 4.69) is 37.9 Å². The van der Waals surface area contributed by atoms with E-state index in [0.717, 1.165) is 23.8 Å². The normalized spacial score (nSPS) is 23.9. The Bertz CT molecular complexity index is 461. The van der Waals surface area contributed by atoms with Crippen LogP contribution in [0.2, 0.25) is 5.02 Å². The number of rotatable bonds is 5. The Morgan fingerprint density at radius 1 is 1.38 bits per heavy atom. The lowest BCUT2D eigenvalue weighted by molar-refractivity contribution is 0.336. The zero-order chi connectivity index (χ0) is 15.4. The van der Waals surface area contributed by atoms with Gasteiger partial charge >= 0.3 is 0 Å². The third-order valence-electron chi connectivity index (χ3n) is 4.88. The minimum Gasteiger partial charge on any atom is -0.371 e. The highest BCUT2D eigenvalue weighted by atomic mass is 35.5. The lowest BCUT2D eigenvalue weighted by Gasteiger charge is -2.37. The lowest BCUT2D eigenvalue weighted by atomic mass is 9.86. The minimum absolute atomic E-state index is 0.209. The van der Waals surface area contributed by atoms with E-state index in [1.54, 1.807) is 0 Å². The van der Waals surface area contributed by atoms with E-state index in [0.29, 0.717) is 6.04 Å². The van der Waals surface area contributed by atoms with Gasteiger partial charge in [-0.05, 0) is 55.4 Å². The first-order valence-corrected chi connectivity index (χ1v) is 8.65. The molecule has 0 aromatic heterocycles. The largest absolute Gasteiger partial charge is 0.371 e. The molecule has 1 saturated carbocycles. The number of nitrogens with two attached hydrogens (primary N) is 1. The molecular formula is C18H29ClN2. The van der Waals surface area contributed by atoms with Gasteiger partial charge in [0.1, 0.15) is 0 Å². The first-order valence-electron chi connectivity index (χ1n) is 8.28. The maximum atomic E-state index is 6.20. The van der Waals surface area contributed by atoms with Crippen LogP contribution in [0.5, 0.6) is 0 Å². The summed E-state index contributed by atoms with van der Waals surface area (Å²) in [5.41, 5.74) is 8.76. The van der Waals surface area contributed by atoms with Gasteiger partial charge in [-0.15, -0.1) is 0 Å². The highest BCUT2D eigenvalue weighted by Crippen LogP contribution is 2.32. The zero-order valence-electron chi connectivity index (χ0n) is 13.6. The van der Waals surface area contributed by atoms with E-state index < -0.39 is 0 Å². The molecule has 2 nitrogen and oxygen atoms in total. The second kappa shape index (κ2) is 7.51. The van der Waals surface area contributed by atoms with Crippen molar-refractivity contribution in [3.8, 4) is 0 Å². The molecule has 0 amide bonds. The summed E-state index contributed by atoms with van der Waals surface area (Å²) in [6.07, 6.45) is 7.20. The first-order chi connectivity index (χ1) is 10.0. The second-order valence-electron chi connectivity index (χ2n) is 6.68. The predicted octanol–water partition coefficient (Wildman–Crippen LogP) is 4.63. The molecule has 3 atom stereocenters. The molecule has 3 heteroatoms. The Morgan fingerprint density at radius 3 is 2.81 bits per heavy atom. The molecule has 0 radical (unpaired) electrons. The number of hydrogen-bond donors (Lipinski definition) is 1. The van der Waals surface area contributed by atoms with Crippen LogP contribution in [0.3, 0.4) is 0 Å². The van der Waals surface area contributed by atoms with Crippen LogP contribution in [0.4, 0.5) is 5.69 Å². The van der Waals surface area contributed by atoms with Crippen molar-refractivity contribution in [3.63, 3.8) is 0 Å². The van der Waals surface area contributed by atoms with Crippen LogP contribution >= 0.6 is 11.6 Å². The van der Waals surface area contributed by atoms with Gasteiger partial charge in [0, 0.05) is 29.8 Å². The fourth-order valence-electron chi connectivity index (χ4n) is 3.44. The summed E-state index contributed by atoms with van der Waals surface area (Å²) in [4.78, 5) is 2.46. The van der Waals surface area contributed by atoms with E-state index in [4.69, 9.17) is 17.3 Å². The third kappa shape index (κ3) is 4.37. The van der Waals surface area contributed by atoms with Crippen molar-refractivity contribution in [1.82, 2.24) is 0 Å². The molecular weight excluding hydrogens is 280 g/mol. The number of halogens is 1. The quantitative estimate of drug-likeness (QED) is 0.859. The summed E-state index contributed by atoms with van der Waals surface area (Å²) in [5.74, 6) is 0.833. The van der Waals surface area contributed by atoms with Crippen LogP contribution < -0.4 is 10.6 Å². The topological polar surface area (TPSA) is 29.3 Å². The van der Waals surface area contributed by atoms with Crippen LogP contribution in [-0.4, -0.2) is 19.1 Å². The van der Waals surface area contributed by atoms with E-state index >= 15 is 0 Å². The van der Waals surface area contributed by atoms with Crippen molar-refractivity contribution >= 4 is 17.3 Å². The molecule has 2 rings (SSSR count). The van der Waals surface area contributed by atoms with Gasteiger partial charge in [0.15, 0.2) is 0 Å². The molecule has 0 aliphatic heterocycles. The Morgan fingerprint density at radius 2 is 2.14 bits per heavy atom. The van der Waals surface area contributed by atoms with Crippen LogP contribution in [0.25, 0.3) is 0 Å². The molecule has 1 fully saturated rings. The molecule has 0 saturated heterocycles. The summed E-state index contributed by atoms with van der Waals surface area (Å²) in [5, 5.41) is 0.808. The van der Waals surface area contributed by atoms with Crippen molar-refractivity contribution in [2.75, 3.05) is 11.9 Å². The number of anilines is 1. The summed E-state index contributed by atoms with van der Waals surface area (Å²) < 4.78 is 0.